The van der Waals surface area contributed by atoms with Crippen molar-refractivity contribution in [3.8, 4) is 11.5 Å². The van der Waals surface area contributed by atoms with Gasteiger partial charge in [-0.1, -0.05) is 13.0 Å². The predicted molar refractivity (Wildman–Crippen MR) is 98.5 cm³/mol. The lowest BCUT2D eigenvalue weighted by Gasteiger charge is -2.27. The minimum Gasteiger partial charge on any atom is -0.354 e. The van der Waals surface area contributed by atoms with Gasteiger partial charge in [0.1, 0.15) is 11.5 Å². The van der Waals surface area contributed by atoms with Crippen LogP contribution in [-0.2, 0) is 17.6 Å². The zero-order valence-corrected chi connectivity index (χ0v) is 15.0. The van der Waals surface area contributed by atoms with Crippen LogP contribution in [0.4, 0.5) is 5.82 Å². The Hall–Kier alpha value is -2.50. The number of rotatable bonds is 8. The molecule has 0 aliphatic heterocycles. The number of hydrogen-bond donors (Lipinski definition) is 0. The normalized spacial score (nSPS) is 12.7. The molecule has 0 saturated carbocycles. The van der Waals surface area contributed by atoms with Gasteiger partial charge in [0, 0.05) is 44.1 Å². The summed E-state index contributed by atoms with van der Waals surface area (Å²) in [5.41, 5.74) is 3.22. The molecule has 25 heavy (non-hydrogen) atoms. The molecule has 1 amide bonds. The molecule has 0 spiro atoms. The fraction of sp³-hybridized carbons (Fsp3) is 0.474. The minimum atomic E-state index is 0.682. The maximum Gasteiger partial charge on any atom is 0.209 e. The lowest BCUT2D eigenvalue weighted by atomic mass is 10.2. The summed E-state index contributed by atoms with van der Waals surface area (Å²) in [4.78, 5) is 28.9. The summed E-state index contributed by atoms with van der Waals surface area (Å²) in [5, 5.41) is 0. The second kappa shape index (κ2) is 8.05. The van der Waals surface area contributed by atoms with E-state index in [0.29, 0.717) is 12.4 Å². The molecule has 0 unspecified atom stereocenters. The average molecular weight is 339 g/mol. The predicted octanol–water partition coefficient (Wildman–Crippen LogP) is 2.33. The molecule has 132 valence electrons. The molecule has 6 heteroatoms. The van der Waals surface area contributed by atoms with E-state index >= 15 is 0 Å². The Morgan fingerprint density at radius 3 is 2.76 bits per heavy atom. The quantitative estimate of drug-likeness (QED) is 0.691. The zero-order valence-electron chi connectivity index (χ0n) is 15.0. The molecule has 0 radical (unpaired) electrons. The van der Waals surface area contributed by atoms with Gasteiger partial charge in [-0.25, -0.2) is 9.97 Å². The van der Waals surface area contributed by atoms with Crippen LogP contribution in [0, 0.1) is 0 Å². The summed E-state index contributed by atoms with van der Waals surface area (Å²) in [6.07, 6.45) is 6.82. The van der Waals surface area contributed by atoms with E-state index in [1.165, 1.54) is 5.56 Å². The number of carbonyl (C=O) groups is 1. The molecule has 2 aromatic rings. The largest absolute Gasteiger partial charge is 0.354 e. The molecule has 6 nitrogen and oxygen atoms in total. The smallest absolute Gasteiger partial charge is 0.209 e. The maximum absolute atomic E-state index is 10.9. The Morgan fingerprint density at radius 1 is 1.16 bits per heavy atom. The van der Waals surface area contributed by atoms with E-state index in [2.05, 4.69) is 16.8 Å². The zero-order chi connectivity index (χ0) is 17.6. The van der Waals surface area contributed by atoms with Crippen molar-refractivity contribution in [3.05, 3.63) is 35.7 Å². The third-order valence-electron chi connectivity index (χ3n) is 4.50. The van der Waals surface area contributed by atoms with Crippen molar-refractivity contribution in [1.29, 1.82) is 0 Å². The molecule has 1 aliphatic rings. The van der Waals surface area contributed by atoms with Crippen LogP contribution in [0.15, 0.2) is 24.4 Å². The number of likely N-dealkylation sites (N-methyl/N-ethyl adjacent to an activating group) is 1. The van der Waals surface area contributed by atoms with Crippen LogP contribution < -0.4 is 4.90 Å². The van der Waals surface area contributed by atoms with E-state index in [9.17, 15) is 4.79 Å². The van der Waals surface area contributed by atoms with Gasteiger partial charge < -0.3 is 9.80 Å². The lowest BCUT2D eigenvalue weighted by molar-refractivity contribution is -0.116. The Bertz CT molecular complexity index is 719. The first-order valence-electron chi connectivity index (χ1n) is 8.94. The number of aromatic nitrogens is 3. The highest BCUT2D eigenvalue weighted by molar-refractivity contribution is 5.59. The summed E-state index contributed by atoms with van der Waals surface area (Å²) < 4.78 is 0. The van der Waals surface area contributed by atoms with Crippen LogP contribution in [-0.4, -0.2) is 52.9 Å². The van der Waals surface area contributed by atoms with Crippen molar-refractivity contribution in [2.75, 3.05) is 31.6 Å². The lowest BCUT2D eigenvalue weighted by Crippen LogP contribution is -2.34. The van der Waals surface area contributed by atoms with Crippen molar-refractivity contribution in [2.24, 2.45) is 0 Å². The fourth-order valence-corrected chi connectivity index (χ4v) is 3.21. The number of carbonyl (C=O) groups excluding carboxylic acids is 1. The van der Waals surface area contributed by atoms with Crippen molar-refractivity contribution in [2.45, 2.75) is 32.6 Å². The number of anilines is 1. The van der Waals surface area contributed by atoms with Crippen LogP contribution in [0.25, 0.3) is 11.5 Å². The van der Waals surface area contributed by atoms with Gasteiger partial charge in [0.2, 0.25) is 6.41 Å². The van der Waals surface area contributed by atoms with Gasteiger partial charge in [-0.05, 0) is 37.8 Å². The molecule has 2 aromatic heterocycles. The molecule has 0 saturated heterocycles. The van der Waals surface area contributed by atoms with Crippen molar-refractivity contribution in [3.63, 3.8) is 0 Å². The van der Waals surface area contributed by atoms with Gasteiger partial charge in [0.05, 0.1) is 0 Å². The molecule has 0 N–H and O–H groups in total. The van der Waals surface area contributed by atoms with E-state index in [0.717, 1.165) is 62.4 Å². The Labute approximate surface area is 148 Å². The topological polar surface area (TPSA) is 62.2 Å². The second-order valence-corrected chi connectivity index (χ2v) is 6.44. The van der Waals surface area contributed by atoms with E-state index in [4.69, 9.17) is 9.97 Å². The Morgan fingerprint density at radius 2 is 2.04 bits per heavy atom. The third-order valence-corrected chi connectivity index (χ3v) is 4.50. The van der Waals surface area contributed by atoms with E-state index < -0.39 is 0 Å². The minimum absolute atomic E-state index is 0.682. The van der Waals surface area contributed by atoms with Crippen molar-refractivity contribution < 1.29 is 4.79 Å². The third kappa shape index (κ3) is 3.95. The number of nitrogens with zero attached hydrogens (tertiary/aromatic N) is 5. The van der Waals surface area contributed by atoms with Gasteiger partial charge in [0.15, 0.2) is 5.82 Å². The first-order chi connectivity index (χ1) is 12.2. The molecule has 0 fully saturated rings. The highest BCUT2D eigenvalue weighted by Crippen LogP contribution is 2.31. The van der Waals surface area contributed by atoms with E-state index in [1.54, 1.807) is 18.1 Å². The number of aryl methyl sites for hydroxylation is 1. The van der Waals surface area contributed by atoms with Gasteiger partial charge in [-0.15, -0.1) is 0 Å². The fourth-order valence-electron chi connectivity index (χ4n) is 3.21. The van der Waals surface area contributed by atoms with Crippen LogP contribution in [0.5, 0.6) is 0 Å². The summed E-state index contributed by atoms with van der Waals surface area (Å²) in [7, 11) is 1.81. The van der Waals surface area contributed by atoms with Crippen LogP contribution in [0.2, 0.25) is 0 Å². The van der Waals surface area contributed by atoms with Gasteiger partial charge in [0.25, 0.3) is 0 Å². The maximum atomic E-state index is 10.9. The number of hydrogen-bond acceptors (Lipinski definition) is 5. The summed E-state index contributed by atoms with van der Waals surface area (Å²) in [6, 6.07) is 5.81. The Kier molecular flexibility index (Phi) is 5.58. The SMILES string of the molecule is CCCN(CCN(C)C=O)c1nc(-c2ccccn2)nc2c1CCC2. The molecule has 0 atom stereocenters. The average Bonchev–Trinajstić information content (AvgIpc) is 3.13. The monoisotopic (exact) mass is 339 g/mol. The molecule has 0 aromatic carbocycles. The molecule has 0 bridgehead atoms. The first kappa shape index (κ1) is 17.3. The first-order valence-corrected chi connectivity index (χ1v) is 8.94. The summed E-state index contributed by atoms with van der Waals surface area (Å²) in [6.45, 7) is 4.53. The van der Waals surface area contributed by atoms with Crippen molar-refractivity contribution in [1.82, 2.24) is 19.9 Å². The Balaban J connectivity index is 1.97. The van der Waals surface area contributed by atoms with Crippen LogP contribution in [0.3, 0.4) is 0 Å². The highest BCUT2D eigenvalue weighted by Gasteiger charge is 2.23. The number of pyridine rings is 1. The van der Waals surface area contributed by atoms with Crippen LogP contribution >= 0.6 is 0 Å². The molecular weight excluding hydrogens is 314 g/mol. The number of amides is 1. The van der Waals surface area contributed by atoms with Gasteiger partial charge in [-0.2, -0.15) is 0 Å². The molecular formula is C19H25N5O. The van der Waals surface area contributed by atoms with E-state index in [1.807, 2.05) is 18.2 Å². The summed E-state index contributed by atoms with van der Waals surface area (Å²) in [5.74, 6) is 1.71. The number of fused-ring (bicyclic) bond motifs is 1. The summed E-state index contributed by atoms with van der Waals surface area (Å²) >= 11 is 0. The van der Waals surface area contributed by atoms with Gasteiger partial charge >= 0.3 is 0 Å². The van der Waals surface area contributed by atoms with Gasteiger partial charge in [-0.3, -0.25) is 9.78 Å². The highest BCUT2D eigenvalue weighted by atomic mass is 16.1. The van der Waals surface area contributed by atoms with Crippen molar-refractivity contribution >= 4 is 12.2 Å². The molecule has 2 heterocycles. The second-order valence-electron chi connectivity index (χ2n) is 6.44. The molecule has 3 rings (SSSR count). The standard InChI is InChI=1S/C19H25N5O/c1-3-11-24(13-12-23(2)14-25)19-15-7-6-9-16(15)21-18(22-19)17-8-4-5-10-20-17/h4-5,8,10,14H,3,6-7,9,11-13H2,1-2H3. The van der Waals surface area contributed by atoms with E-state index in [-0.39, 0.29) is 0 Å². The molecule has 1 aliphatic carbocycles. The van der Waals surface area contributed by atoms with Crippen LogP contribution in [0.1, 0.15) is 31.0 Å².